The number of hydrogen-bond donors (Lipinski definition) is 1. The molecular formula is C7H6BrN3S. The Morgan fingerprint density at radius 3 is 3.00 bits per heavy atom. The number of aryl methyl sites for hydroxylation is 1. The Kier molecular flexibility index (Phi) is 1.77. The Morgan fingerprint density at radius 2 is 2.25 bits per heavy atom. The summed E-state index contributed by atoms with van der Waals surface area (Å²) in [5, 5.41) is 1.97. The standard InChI is InChI=1S/C7H6BrN3S/c1-3-10-5-4(8)2-12-6(5)7(9)11-3/h2H,1H3,(H2,9,10,11). The maximum Gasteiger partial charge on any atom is 0.145 e. The summed E-state index contributed by atoms with van der Waals surface area (Å²) >= 11 is 4.95. The Balaban J connectivity index is 2.92. The smallest absolute Gasteiger partial charge is 0.145 e. The summed E-state index contributed by atoms with van der Waals surface area (Å²) in [5.41, 5.74) is 6.62. The van der Waals surface area contributed by atoms with Gasteiger partial charge in [0, 0.05) is 5.38 Å². The Labute approximate surface area is 81.8 Å². The van der Waals surface area contributed by atoms with Gasteiger partial charge in [-0.15, -0.1) is 11.3 Å². The predicted molar refractivity (Wildman–Crippen MR) is 54.3 cm³/mol. The number of nitrogens with zero attached hydrogens (tertiary/aromatic N) is 2. The molecule has 0 aliphatic carbocycles. The molecule has 2 aromatic heterocycles. The molecule has 0 atom stereocenters. The van der Waals surface area contributed by atoms with Gasteiger partial charge in [0.15, 0.2) is 0 Å². The molecule has 0 radical (unpaired) electrons. The van der Waals surface area contributed by atoms with Crippen LogP contribution < -0.4 is 5.73 Å². The summed E-state index contributed by atoms with van der Waals surface area (Å²) in [6, 6.07) is 0. The molecule has 0 aliphatic heterocycles. The van der Waals surface area contributed by atoms with Crippen LogP contribution in [-0.2, 0) is 0 Å². The van der Waals surface area contributed by atoms with Crippen LogP contribution in [0.25, 0.3) is 10.2 Å². The van der Waals surface area contributed by atoms with Gasteiger partial charge in [0.1, 0.15) is 17.2 Å². The summed E-state index contributed by atoms with van der Waals surface area (Å²) in [4.78, 5) is 8.34. The predicted octanol–water partition coefficient (Wildman–Crippen LogP) is 2.34. The third-order valence-corrected chi connectivity index (χ3v) is 3.41. The molecule has 12 heavy (non-hydrogen) atoms. The lowest BCUT2D eigenvalue weighted by atomic mass is 10.4. The molecule has 2 N–H and O–H groups in total. The van der Waals surface area contributed by atoms with Gasteiger partial charge in [0.2, 0.25) is 0 Å². The Bertz CT molecular complexity index is 437. The van der Waals surface area contributed by atoms with Crippen molar-refractivity contribution < 1.29 is 0 Å². The SMILES string of the molecule is Cc1nc(N)c2scc(Br)c2n1. The molecule has 0 fully saturated rings. The number of thiophene rings is 1. The molecule has 0 unspecified atom stereocenters. The second-order valence-electron chi connectivity index (χ2n) is 2.42. The maximum absolute atomic E-state index is 5.71. The van der Waals surface area contributed by atoms with E-state index in [4.69, 9.17) is 5.73 Å². The molecule has 3 nitrogen and oxygen atoms in total. The lowest BCUT2D eigenvalue weighted by Crippen LogP contribution is -1.94. The van der Waals surface area contributed by atoms with Crippen LogP contribution >= 0.6 is 27.3 Å². The lowest BCUT2D eigenvalue weighted by Gasteiger charge is -1.96. The quantitative estimate of drug-likeness (QED) is 0.773. The summed E-state index contributed by atoms with van der Waals surface area (Å²) in [6.45, 7) is 1.83. The summed E-state index contributed by atoms with van der Waals surface area (Å²) in [5.74, 6) is 1.27. The fraction of sp³-hybridized carbons (Fsp3) is 0.143. The number of aromatic nitrogens is 2. The lowest BCUT2D eigenvalue weighted by molar-refractivity contribution is 1.10. The van der Waals surface area contributed by atoms with Crippen molar-refractivity contribution in [1.82, 2.24) is 9.97 Å². The van der Waals surface area contributed by atoms with E-state index in [1.54, 1.807) is 11.3 Å². The van der Waals surface area contributed by atoms with Crippen molar-refractivity contribution in [2.45, 2.75) is 6.92 Å². The van der Waals surface area contributed by atoms with E-state index in [2.05, 4.69) is 25.9 Å². The average molecular weight is 244 g/mol. The molecule has 5 heteroatoms. The van der Waals surface area contributed by atoms with E-state index in [1.807, 2.05) is 12.3 Å². The zero-order valence-electron chi connectivity index (χ0n) is 6.34. The molecule has 0 saturated heterocycles. The summed E-state index contributed by atoms with van der Waals surface area (Å²) in [7, 11) is 0. The maximum atomic E-state index is 5.71. The van der Waals surface area contributed by atoms with Gasteiger partial charge >= 0.3 is 0 Å². The molecule has 2 rings (SSSR count). The van der Waals surface area contributed by atoms with Crippen LogP contribution in [0.15, 0.2) is 9.85 Å². The second kappa shape index (κ2) is 2.67. The first-order chi connectivity index (χ1) is 5.68. The van der Waals surface area contributed by atoms with Crippen molar-refractivity contribution in [3.8, 4) is 0 Å². The molecule has 0 aromatic carbocycles. The van der Waals surface area contributed by atoms with Gasteiger partial charge in [-0.1, -0.05) is 0 Å². The van der Waals surface area contributed by atoms with E-state index in [-0.39, 0.29) is 0 Å². The molecule has 62 valence electrons. The van der Waals surface area contributed by atoms with Crippen LogP contribution in [0, 0.1) is 6.92 Å². The van der Waals surface area contributed by atoms with Crippen molar-refractivity contribution in [3.05, 3.63) is 15.7 Å². The highest BCUT2D eigenvalue weighted by atomic mass is 79.9. The number of fused-ring (bicyclic) bond motifs is 1. The average Bonchev–Trinajstić information content (AvgIpc) is 2.33. The van der Waals surface area contributed by atoms with Crippen molar-refractivity contribution >= 4 is 43.3 Å². The molecule has 0 amide bonds. The van der Waals surface area contributed by atoms with Gasteiger partial charge in [0.25, 0.3) is 0 Å². The van der Waals surface area contributed by atoms with E-state index < -0.39 is 0 Å². The van der Waals surface area contributed by atoms with Crippen LogP contribution in [-0.4, -0.2) is 9.97 Å². The molecule has 0 spiro atoms. The number of nitrogen functional groups attached to an aromatic ring is 1. The number of halogens is 1. The van der Waals surface area contributed by atoms with E-state index in [0.717, 1.165) is 14.7 Å². The topological polar surface area (TPSA) is 51.8 Å². The first-order valence-electron chi connectivity index (χ1n) is 3.35. The zero-order chi connectivity index (χ0) is 8.72. The number of rotatable bonds is 0. The first kappa shape index (κ1) is 7.94. The highest BCUT2D eigenvalue weighted by molar-refractivity contribution is 9.10. The van der Waals surface area contributed by atoms with Gasteiger partial charge in [-0.3, -0.25) is 0 Å². The Morgan fingerprint density at radius 1 is 1.50 bits per heavy atom. The van der Waals surface area contributed by atoms with Crippen molar-refractivity contribution in [3.63, 3.8) is 0 Å². The minimum Gasteiger partial charge on any atom is -0.382 e. The van der Waals surface area contributed by atoms with Gasteiger partial charge in [-0.25, -0.2) is 9.97 Å². The van der Waals surface area contributed by atoms with Crippen molar-refractivity contribution in [2.75, 3.05) is 5.73 Å². The monoisotopic (exact) mass is 243 g/mol. The molecule has 2 heterocycles. The fourth-order valence-electron chi connectivity index (χ4n) is 1.03. The van der Waals surface area contributed by atoms with Crippen LogP contribution in [0.1, 0.15) is 5.82 Å². The zero-order valence-corrected chi connectivity index (χ0v) is 8.74. The summed E-state index contributed by atoms with van der Waals surface area (Å²) in [6.07, 6.45) is 0. The van der Waals surface area contributed by atoms with Crippen molar-refractivity contribution in [1.29, 1.82) is 0 Å². The van der Waals surface area contributed by atoms with E-state index in [9.17, 15) is 0 Å². The number of anilines is 1. The molecule has 0 saturated carbocycles. The van der Waals surface area contributed by atoms with E-state index in [1.165, 1.54) is 0 Å². The molecule has 0 aliphatic rings. The first-order valence-corrected chi connectivity index (χ1v) is 5.02. The van der Waals surface area contributed by atoms with Crippen LogP contribution in [0.4, 0.5) is 5.82 Å². The largest absolute Gasteiger partial charge is 0.382 e. The minimum absolute atomic E-state index is 0.563. The van der Waals surface area contributed by atoms with Gasteiger partial charge in [0.05, 0.1) is 9.17 Å². The van der Waals surface area contributed by atoms with Crippen LogP contribution in [0.5, 0.6) is 0 Å². The Hall–Kier alpha value is -0.680. The van der Waals surface area contributed by atoms with Crippen molar-refractivity contribution in [2.24, 2.45) is 0 Å². The highest BCUT2D eigenvalue weighted by Gasteiger charge is 2.07. The normalized spacial score (nSPS) is 10.8. The summed E-state index contributed by atoms with van der Waals surface area (Å²) < 4.78 is 1.94. The molecular weight excluding hydrogens is 238 g/mol. The minimum atomic E-state index is 0.563. The fourth-order valence-corrected chi connectivity index (χ4v) is 2.49. The van der Waals surface area contributed by atoms with Crippen LogP contribution in [0.2, 0.25) is 0 Å². The number of nitrogens with two attached hydrogens (primary N) is 1. The van der Waals surface area contributed by atoms with Crippen LogP contribution in [0.3, 0.4) is 0 Å². The van der Waals surface area contributed by atoms with Gasteiger partial charge < -0.3 is 5.73 Å². The third kappa shape index (κ3) is 1.09. The highest BCUT2D eigenvalue weighted by Crippen LogP contribution is 2.31. The van der Waals surface area contributed by atoms with Gasteiger partial charge in [-0.05, 0) is 22.9 Å². The van der Waals surface area contributed by atoms with E-state index >= 15 is 0 Å². The van der Waals surface area contributed by atoms with Gasteiger partial charge in [-0.2, -0.15) is 0 Å². The third-order valence-electron chi connectivity index (χ3n) is 1.51. The number of hydrogen-bond acceptors (Lipinski definition) is 4. The van der Waals surface area contributed by atoms with E-state index in [0.29, 0.717) is 11.6 Å². The molecule has 0 bridgehead atoms. The molecule has 2 aromatic rings. The second-order valence-corrected chi connectivity index (χ2v) is 4.15.